The second kappa shape index (κ2) is 7.70. The fourth-order valence-electron chi connectivity index (χ4n) is 3.06. The van der Waals surface area contributed by atoms with E-state index in [-0.39, 0.29) is 5.91 Å². The molecule has 0 spiro atoms. The van der Waals surface area contributed by atoms with Crippen molar-refractivity contribution in [1.82, 2.24) is 15.1 Å². The molecule has 0 bridgehead atoms. The lowest BCUT2D eigenvalue weighted by atomic mass is 9.92. The molecule has 0 radical (unpaired) electrons. The molecular weight excluding hydrogens is 390 g/mol. The minimum Gasteiger partial charge on any atom is -0.411 e. The van der Waals surface area contributed by atoms with E-state index in [9.17, 15) is 4.79 Å². The highest BCUT2D eigenvalue weighted by atomic mass is 79.9. The van der Waals surface area contributed by atoms with Crippen LogP contribution in [0.5, 0.6) is 0 Å². The third kappa shape index (κ3) is 4.39. The van der Waals surface area contributed by atoms with Gasteiger partial charge in [0.1, 0.15) is 0 Å². The molecule has 1 aromatic carbocycles. The van der Waals surface area contributed by atoms with Crippen LogP contribution in [-0.4, -0.2) is 39.8 Å². The van der Waals surface area contributed by atoms with Gasteiger partial charge in [0.2, 0.25) is 11.8 Å². The van der Waals surface area contributed by atoms with Gasteiger partial charge in [-0.2, -0.15) is 0 Å². The van der Waals surface area contributed by atoms with Crippen LogP contribution in [0.25, 0.3) is 11.5 Å². The Morgan fingerprint density at radius 3 is 2.58 bits per heavy atom. The van der Waals surface area contributed by atoms with Gasteiger partial charge in [-0.25, -0.2) is 0 Å². The summed E-state index contributed by atoms with van der Waals surface area (Å²) in [6, 6.07) is 7.67. The summed E-state index contributed by atoms with van der Waals surface area (Å²) in [5, 5.41) is 8.51. The predicted molar refractivity (Wildman–Crippen MR) is 97.7 cm³/mol. The first-order valence-corrected chi connectivity index (χ1v) is 9.79. The SMILES string of the molecule is CC1CC(C)CN(C(=O)CSc2nnc(-c3ccc(Br)cc3)o2)C1. The smallest absolute Gasteiger partial charge is 0.277 e. The van der Waals surface area contributed by atoms with Crippen LogP contribution in [0.4, 0.5) is 0 Å². The van der Waals surface area contributed by atoms with Gasteiger partial charge in [-0.3, -0.25) is 4.79 Å². The molecule has 1 fully saturated rings. The summed E-state index contributed by atoms with van der Waals surface area (Å²) in [6.07, 6.45) is 1.19. The maximum atomic E-state index is 12.4. The molecule has 0 aliphatic carbocycles. The Morgan fingerprint density at radius 1 is 1.25 bits per heavy atom. The number of carbonyl (C=O) groups is 1. The van der Waals surface area contributed by atoms with E-state index in [1.54, 1.807) is 0 Å². The summed E-state index contributed by atoms with van der Waals surface area (Å²) < 4.78 is 6.64. The van der Waals surface area contributed by atoms with Crippen molar-refractivity contribution in [2.75, 3.05) is 18.8 Å². The van der Waals surface area contributed by atoms with Crippen molar-refractivity contribution in [1.29, 1.82) is 0 Å². The lowest BCUT2D eigenvalue weighted by Gasteiger charge is -2.34. The minimum atomic E-state index is 0.141. The third-order valence-electron chi connectivity index (χ3n) is 4.04. The van der Waals surface area contributed by atoms with Gasteiger partial charge in [-0.15, -0.1) is 10.2 Å². The number of benzene rings is 1. The molecule has 1 saturated heterocycles. The van der Waals surface area contributed by atoms with Crippen molar-refractivity contribution in [3.05, 3.63) is 28.7 Å². The highest BCUT2D eigenvalue weighted by Crippen LogP contribution is 2.26. The van der Waals surface area contributed by atoms with E-state index >= 15 is 0 Å². The number of amides is 1. The quantitative estimate of drug-likeness (QED) is 0.711. The van der Waals surface area contributed by atoms with Crippen LogP contribution in [0.3, 0.4) is 0 Å². The van der Waals surface area contributed by atoms with Crippen LogP contribution in [0, 0.1) is 11.8 Å². The minimum absolute atomic E-state index is 0.141. The van der Waals surface area contributed by atoms with Gasteiger partial charge in [-0.1, -0.05) is 41.5 Å². The normalized spacial score (nSPS) is 21.0. The Kier molecular flexibility index (Phi) is 5.61. The molecule has 2 aromatic rings. The lowest BCUT2D eigenvalue weighted by Crippen LogP contribution is -2.43. The molecule has 2 unspecified atom stereocenters. The van der Waals surface area contributed by atoms with E-state index in [0.717, 1.165) is 23.1 Å². The van der Waals surface area contributed by atoms with Gasteiger partial charge in [0.05, 0.1) is 5.75 Å². The van der Waals surface area contributed by atoms with Gasteiger partial charge >= 0.3 is 0 Å². The number of carbonyl (C=O) groups excluding carboxylic acids is 1. The number of nitrogens with zero attached hydrogens (tertiary/aromatic N) is 3. The van der Waals surface area contributed by atoms with Crippen LogP contribution < -0.4 is 0 Å². The van der Waals surface area contributed by atoms with Crippen molar-refractivity contribution < 1.29 is 9.21 Å². The predicted octanol–water partition coefficient (Wildman–Crippen LogP) is 4.10. The molecule has 0 saturated carbocycles. The average Bonchev–Trinajstić information content (AvgIpc) is 3.01. The fourth-order valence-corrected chi connectivity index (χ4v) is 3.99. The third-order valence-corrected chi connectivity index (χ3v) is 5.37. The molecule has 5 nitrogen and oxygen atoms in total. The lowest BCUT2D eigenvalue weighted by molar-refractivity contribution is -0.130. The number of piperidine rings is 1. The Bertz CT molecular complexity index is 694. The second-order valence-electron chi connectivity index (χ2n) is 6.41. The summed E-state index contributed by atoms with van der Waals surface area (Å²) in [5.74, 6) is 2.08. The van der Waals surface area contributed by atoms with Gasteiger partial charge < -0.3 is 9.32 Å². The molecule has 1 amide bonds. The summed E-state index contributed by atoms with van der Waals surface area (Å²) in [7, 11) is 0. The summed E-state index contributed by atoms with van der Waals surface area (Å²) in [6.45, 7) is 6.09. The van der Waals surface area contributed by atoms with Crippen LogP contribution in [0.1, 0.15) is 20.3 Å². The maximum Gasteiger partial charge on any atom is 0.277 e. The standard InChI is InChI=1S/C17H20BrN3O2S/c1-11-7-12(2)9-21(8-11)15(22)10-24-17-20-19-16(23-17)13-3-5-14(18)6-4-13/h3-6,11-12H,7-10H2,1-2H3. The first-order chi connectivity index (χ1) is 11.5. The Labute approximate surface area is 154 Å². The number of hydrogen-bond acceptors (Lipinski definition) is 5. The van der Waals surface area contributed by atoms with Crippen molar-refractivity contribution in [3.8, 4) is 11.5 Å². The molecule has 3 rings (SSSR count). The first-order valence-electron chi connectivity index (χ1n) is 8.01. The highest BCUT2D eigenvalue weighted by Gasteiger charge is 2.25. The monoisotopic (exact) mass is 409 g/mol. The molecule has 1 aliphatic rings. The maximum absolute atomic E-state index is 12.4. The zero-order valence-corrected chi connectivity index (χ0v) is 16.1. The number of halogens is 1. The highest BCUT2D eigenvalue weighted by molar-refractivity contribution is 9.10. The van der Waals surface area contributed by atoms with E-state index < -0.39 is 0 Å². The van der Waals surface area contributed by atoms with Crippen LogP contribution >= 0.6 is 27.7 Å². The molecule has 1 aromatic heterocycles. The number of hydrogen-bond donors (Lipinski definition) is 0. The van der Waals surface area contributed by atoms with Crippen molar-refractivity contribution in [3.63, 3.8) is 0 Å². The number of rotatable bonds is 4. The second-order valence-corrected chi connectivity index (χ2v) is 8.26. The van der Waals surface area contributed by atoms with Crippen LogP contribution in [-0.2, 0) is 4.79 Å². The van der Waals surface area contributed by atoms with Gasteiger partial charge in [0.15, 0.2) is 0 Å². The topological polar surface area (TPSA) is 59.2 Å². The van der Waals surface area contributed by atoms with Gasteiger partial charge in [0.25, 0.3) is 5.22 Å². The van der Waals surface area contributed by atoms with Gasteiger partial charge in [-0.05, 0) is 42.5 Å². The zero-order chi connectivity index (χ0) is 17.1. The molecule has 1 aliphatic heterocycles. The Morgan fingerprint density at radius 2 is 1.92 bits per heavy atom. The summed E-state index contributed by atoms with van der Waals surface area (Å²) in [4.78, 5) is 14.3. The first kappa shape index (κ1) is 17.5. The molecule has 24 heavy (non-hydrogen) atoms. The largest absolute Gasteiger partial charge is 0.411 e. The average molecular weight is 410 g/mol. The number of thioether (sulfide) groups is 1. The van der Waals surface area contributed by atoms with E-state index in [2.05, 4.69) is 40.0 Å². The fraction of sp³-hybridized carbons (Fsp3) is 0.471. The molecule has 2 heterocycles. The Hall–Kier alpha value is -1.34. The number of likely N-dealkylation sites (tertiary alicyclic amines) is 1. The summed E-state index contributed by atoms with van der Waals surface area (Å²) >= 11 is 4.70. The molecule has 2 atom stereocenters. The van der Waals surface area contributed by atoms with Crippen molar-refractivity contribution in [2.45, 2.75) is 25.5 Å². The molecular formula is C17H20BrN3O2S. The van der Waals surface area contributed by atoms with Crippen molar-refractivity contribution >= 4 is 33.6 Å². The summed E-state index contributed by atoms with van der Waals surface area (Å²) in [5.41, 5.74) is 0.863. The molecule has 7 heteroatoms. The van der Waals surface area contributed by atoms with E-state index in [1.807, 2.05) is 29.2 Å². The van der Waals surface area contributed by atoms with Gasteiger partial charge in [0, 0.05) is 23.1 Å². The zero-order valence-electron chi connectivity index (χ0n) is 13.7. The van der Waals surface area contributed by atoms with E-state index in [0.29, 0.717) is 28.7 Å². The molecule has 0 N–H and O–H groups in total. The van der Waals surface area contributed by atoms with Crippen LogP contribution in [0.15, 0.2) is 38.4 Å². The number of aromatic nitrogens is 2. The van der Waals surface area contributed by atoms with Crippen molar-refractivity contribution in [2.24, 2.45) is 11.8 Å². The Balaban J connectivity index is 1.57. The molecule has 128 valence electrons. The van der Waals surface area contributed by atoms with E-state index in [1.165, 1.54) is 18.2 Å². The van der Waals surface area contributed by atoms with Crippen LogP contribution in [0.2, 0.25) is 0 Å². The van der Waals surface area contributed by atoms with E-state index in [4.69, 9.17) is 4.42 Å².